The number of rotatable bonds is 37. The normalized spacial score (nSPS) is 14.0. The molecule has 304 valence electrons. The second kappa shape index (κ2) is 35.0. The van der Waals surface area contributed by atoms with Crippen molar-refractivity contribution in [3.05, 3.63) is 36.5 Å². The van der Waals surface area contributed by atoms with Gasteiger partial charge in [0.15, 0.2) is 6.10 Å². The second-order valence-electron chi connectivity index (χ2n) is 15.0. The Labute approximate surface area is 319 Å². The Balaban J connectivity index is 4.42. The van der Waals surface area contributed by atoms with Crippen LogP contribution < -0.4 is 0 Å². The predicted molar refractivity (Wildman–Crippen MR) is 215 cm³/mol. The summed E-state index contributed by atoms with van der Waals surface area (Å²) in [6, 6.07) is 0. The first-order valence-electron chi connectivity index (χ1n) is 20.7. The average Bonchev–Trinajstić information content (AvgIpc) is 3.09. The first kappa shape index (κ1) is 50.2. The summed E-state index contributed by atoms with van der Waals surface area (Å²) in [6.07, 6.45) is 37.6. The molecule has 10 heteroatoms. The zero-order valence-corrected chi connectivity index (χ0v) is 34.9. The van der Waals surface area contributed by atoms with Crippen LogP contribution in [0.2, 0.25) is 0 Å². The third-order valence-corrected chi connectivity index (χ3v) is 9.61. The molecule has 9 nitrogen and oxygen atoms in total. The lowest BCUT2D eigenvalue weighted by molar-refractivity contribution is -0.870. The summed E-state index contributed by atoms with van der Waals surface area (Å²) in [5, 5.41) is 0. The maximum absolute atomic E-state index is 12.6. The number of likely N-dealkylation sites (N-methyl/N-ethyl adjacent to an activating group) is 1. The minimum absolute atomic E-state index is 0.0271. The van der Waals surface area contributed by atoms with E-state index >= 15 is 0 Å². The number of hydrogen-bond donors (Lipinski definition) is 1. The molecule has 0 aliphatic heterocycles. The number of phosphoric acid groups is 1. The highest BCUT2D eigenvalue weighted by Crippen LogP contribution is 2.43. The molecule has 0 aromatic heterocycles. The van der Waals surface area contributed by atoms with E-state index in [1.807, 2.05) is 21.1 Å². The van der Waals surface area contributed by atoms with E-state index in [0.717, 1.165) is 83.5 Å². The van der Waals surface area contributed by atoms with Gasteiger partial charge in [-0.05, 0) is 64.2 Å². The van der Waals surface area contributed by atoms with Crippen LogP contribution in [0.3, 0.4) is 0 Å². The van der Waals surface area contributed by atoms with Crippen molar-refractivity contribution in [3.8, 4) is 0 Å². The minimum Gasteiger partial charge on any atom is -0.462 e. The molecule has 0 saturated heterocycles. The smallest absolute Gasteiger partial charge is 0.462 e. The monoisotopic (exact) mass is 757 g/mol. The van der Waals surface area contributed by atoms with Crippen LogP contribution in [0.5, 0.6) is 0 Å². The summed E-state index contributed by atoms with van der Waals surface area (Å²) in [6.45, 7) is 4.31. The van der Waals surface area contributed by atoms with Gasteiger partial charge >= 0.3 is 19.8 Å². The Bertz CT molecular complexity index is 991. The number of allylic oxidation sites excluding steroid dienone is 6. The molecule has 0 rings (SSSR count). The molecule has 0 radical (unpaired) electrons. The van der Waals surface area contributed by atoms with Gasteiger partial charge in [0.1, 0.15) is 19.8 Å². The molecule has 0 heterocycles. The van der Waals surface area contributed by atoms with Crippen molar-refractivity contribution in [2.24, 2.45) is 0 Å². The number of carbonyl (C=O) groups excluding carboxylic acids is 2. The van der Waals surface area contributed by atoms with Crippen LogP contribution in [-0.2, 0) is 32.7 Å². The fourth-order valence-electron chi connectivity index (χ4n) is 5.34. The van der Waals surface area contributed by atoms with E-state index in [1.165, 1.54) is 51.4 Å². The summed E-state index contributed by atoms with van der Waals surface area (Å²) in [7, 11) is 1.46. The Morgan fingerprint density at radius 1 is 0.596 bits per heavy atom. The van der Waals surface area contributed by atoms with Gasteiger partial charge in [0.2, 0.25) is 0 Å². The highest BCUT2D eigenvalue weighted by Gasteiger charge is 2.27. The van der Waals surface area contributed by atoms with Gasteiger partial charge in [-0.15, -0.1) is 0 Å². The summed E-state index contributed by atoms with van der Waals surface area (Å²) in [4.78, 5) is 35.2. The van der Waals surface area contributed by atoms with Gasteiger partial charge in [0.25, 0.3) is 0 Å². The molecule has 0 spiro atoms. The molecule has 52 heavy (non-hydrogen) atoms. The van der Waals surface area contributed by atoms with Gasteiger partial charge in [-0.3, -0.25) is 18.6 Å². The van der Waals surface area contributed by atoms with Crippen LogP contribution >= 0.6 is 7.82 Å². The van der Waals surface area contributed by atoms with E-state index in [9.17, 15) is 19.0 Å². The first-order chi connectivity index (χ1) is 25.0. The van der Waals surface area contributed by atoms with Crippen LogP contribution in [0.25, 0.3) is 0 Å². The number of nitrogens with zero attached hydrogens (tertiary/aromatic N) is 1. The maximum atomic E-state index is 12.6. The van der Waals surface area contributed by atoms with Crippen molar-refractivity contribution in [1.29, 1.82) is 0 Å². The standard InChI is InChI=1S/C42H78NO8P/c1-6-8-10-12-14-16-18-20-21-23-24-26-28-30-32-34-41(44)48-38-40(39-50-52(46,47)49-37-36-43(3,4)5)51-42(45)35-33-31-29-27-25-22-19-17-15-13-11-9-7-2/h11,13,17,19-21,40H,6-10,12,14-16,18,22-39H2,1-5H3/p+1/b13-11-,19-17-,21-20-. The van der Waals surface area contributed by atoms with Crippen LogP contribution in [0.4, 0.5) is 0 Å². The molecule has 0 aliphatic carbocycles. The molecule has 1 N–H and O–H groups in total. The summed E-state index contributed by atoms with van der Waals surface area (Å²) in [5.41, 5.74) is 0. The zero-order valence-electron chi connectivity index (χ0n) is 34.0. The van der Waals surface area contributed by atoms with Crippen LogP contribution in [-0.4, -0.2) is 74.9 Å². The van der Waals surface area contributed by atoms with E-state index in [2.05, 4.69) is 50.3 Å². The van der Waals surface area contributed by atoms with Crippen molar-refractivity contribution < 1.29 is 42.1 Å². The third kappa shape index (κ3) is 38.0. The number of hydrogen-bond acceptors (Lipinski definition) is 7. The summed E-state index contributed by atoms with van der Waals surface area (Å²) < 4.78 is 34.2. The molecule has 2 atom stereocenters. The lowest BCUT2D eigenvalue weighted by Gasteiger charge is -2.24. The molecule has 0 aliphatic rings. The average molecular weight is 757 g/mol. The van der Waals surface area contributed by atoms with Gasteiger partial charge < -0.3 is 18.9 Å². The molecule has 2 unspecified atom stereocenters. The molecule has 0 fully saturated rings. The van der Waals surface area contributed by atoms with E-state index in [0.29, 0.717) is 17.4 Å². The Hall–Kier alpha value is -1.77. The topological polar surface area (TPSA) is 108 Å². The van der Waals surface area contributed by atoms with E-state index in [1.54, 1.807) is 0 Å². The predicted octanol–water partition coefficient (Wildman–Crippen LogP) is 11.4. The maximum Gasteiger partial charge on any atom is 0.472 e. The number of unbranched alkanes of at least 4 members (excludes halogenated alkanes) is 17. The quantitative estimate of drug-likeness (QED) is 0.0219. The third-order valence-electron chi connectivity index (χ3n) is 8.62. The van der Waals surface area contributed by atoms with Crippen LogP contribution in [0, 0.1) is 0 Å². The molecular formula is C42H79NO8P+. The summed E-state index contributed by atoms with van der Waals surface area (Å²) >= 11 is 0. The highest BCUT2D eigenvalue weighted by molar-refractivity contribution is 7.47. The lowest BCUT2D eigenvalue weighted by Crippen LogP contribution is -2.37. The SMILES string of the molecule is CCC/C=C\C/C=C\CCCCCCCC(=O)OC(COC(=O)CCCCCCC/C=C\CCCCCCCC)COP(=O)(O)OCC[N+](C)(C)C. The second-order valence-corrected chi connectivity index (χ2v) is 16.5. The molecular weight excluding hydrogens is 677 g/mol. The lowest BCUT2D eigenvalue weighted by atomic mass is 10.1. The molecule has 0 aromatic carbocycles. The van der Waals surface area contributed by atoms with Gasteiger partial charge in [-0.1, -0.05) is 127 Å². The summed E-state index contributed by atoms with van der Waals surface area (Å²) in [5.74, 6) is -0.826. The fraction of sp³-hybridized carbons (Fsp3) is 0.810. The number of carbonyl (C=O) groups is 2. The number of ether oxygens (including phenoxy) is 2. The van der Waals surface area contributed by atoms with Gasteiger partial charge in [-0.25, -0.2) is 4.57 Å². The van der Waals surface area contributed by atoms with Gasteiger partial charge in [0.05, 0.1) is 27.7 Å². The van der Waals surface area contributed by atoms with Crippen molar-refractivity contribution in [2.45, 2.75) is 174 Å². The Kier molecular flexibility index (Phi) is 33.8. The Morgan fingerprint density at radius 2 is 1.08 bits per heavy atom. The highest BCUT2D eigenvalue weighted by atomic mass is 31.2. The van der Waals surface area contributed by atoms with Crippen molar-refractivity contribution in [3.63, 3.8) is 0 Å². The van der Waals surface area contributed by atoms with E-state index in [4.69, 9.17) is 18.5 Å². The molecule has 0 saturated carbocycles. The van der Waals surface area contributed by atoms with Crippen molar-refractivity contribution in [1.82, 2.24) is 0 Å². The molecule has 0 aromatic rings. The number of phosphoric ester groups is 1. The number of esters is 2. The van der Waals surface area contributed by atoms with Crippen LogP contribution in [0.1, 0.15) is 168 Å². The minimum atomic E-state index is -4.37. The fourth-order valence-corrected chi connectivity index (χ4v) is 6.08. The molecule has 0 bridgehead atoms. The van der Waals surface area contributed by atoms with E-state index < -0.39 is 26.5 Å². The van der Waals surface area contributed by atoms with Crippen molar-refractivity contribution in [2.75, 3.05) is 47.5 Å². The van der Waals surface area contributed by atoms with Gasteiger partial charge in [-0.2, -0.15) is 0 Å². The molecule has 0 amide bonds. The largest absolute Gasteiger partial charge is 0.472 e. The first-order valence-corrected chi connectivity index (χ1v) is 22.2. The van der Waals surface area contributed by atoms with Crippen molar-refractivity contribution >= 4 is 19.8 Å². The van der Waals surface area contributed by atoms with E-state index in [-0.39, 0.29) is 32.0 Å². The van der Waals surface area contributed by atoms with Crippen LogP contribution in [0.15, 0.2) is 36.5 Å². The van der Waals surface area contributed by atoms with Gasteiger partial charge in [0, 0.05) is 12.8 Å². The Morgan fingerprint density at radius 3 is 1.62 bits per heavy atom. The zero-order chi connectivity index (χ0) is 38.6. The number of quaternary nitrogens is 1.